The minimum absolute atomic E-state index is 0.0610. The minimum Gasteiger partial charge on any atom is -0.348 e. The molecule has 2 rings (SSSR count). The van der Waals surface area contributed by atoms with Gasteiger partial charge in [-0.2, -0.15) is 4.31 Å². The first kappa shape index (κ1) is 20.5. The quantitative estimate of drug-likeness (QED) is 0.713. The molecule has 0 fully saturated rings. The molecule has 1 amide bonds. The highest BCUT2D eigenvalue weighted by Gasteiger charge is 2.24. The van der Waals surface area contributed by atoms with Gasteiger partial charge in [0.15, 0.2) is 0 Å². The van der Waals surface area contributed by atoms with Gasteiger partial charge in [-0.3, -0.25) is 4.79 Å². The van der Waals surface area contributed by atoms with Crippen molar-refractivity contribution < 1.29 is 17.6 Å². The molecule has 0 aliphatic carbocycles. The number of hydrogen-bond donors (Lipinski definition) is 1. The Balaban J connectivity index is 2.05. The van der Waals surface area contributed by atoms with Crippen LogP contribution in [-0.4, -0.2) is 32.2 Å². The summed E-state index contributed by atoms with van der Waals surface area (Å²) in [4.78, 5) is 12.2. The maximum absolute atomic E-state index is 13.0. The SMILES string of the molecule is CCC(NC(=O)CN(C)S(=O)(=O)c1ccc(F)cc1)c1ccc(Br)cc1. The third-order valence-electron chi connectivity index (χ3n) is 3.90. The number of benzene rings is 2. The Morgan fingerprint density at radius 2 is 1.73 bits per heavy atom. The summed E-state index contributed by atoms with van der Waals surface area (Å²) < 4.78 is 39.8. The fourth-order valence-corrected chi connectivity index (χ4v) is 3.82. The number of rotatable bonds is 7. The van der Waals surface area contributed by atoms with Crippen molar-refractivity contribution >= 4 is 31.9 Å². The summed E-state index contributed by atoms with van der Waals surface area (Å²) in [7, 11) is -2.55. The summed E-state index contributed by atoms with van der Waals surface area (Å²) in [5.74, 6) is -0.933. The molecule has 2 aromatic carbocycles. The summed E-state index contributed by atoms with van der Waals surface area (Å²) in [5, 5.41) is 2.85. The van der Waals surface area contributed by atoms with E-state index in [1.807, 2.05) is 31.2 Å². The van der Waals surface area contributed by atoms with Crippen molar-refractivity contribution in [3.63, 3.8) is 0 Å². The van der Waals surface area contributed by atoms with E-state index in [0.717, 1.165) is 26.5 Å². The normalized spacial score (nSPS) is 12.8. The molecular weight excluding hydrogens is 423 g/mol. The predicted molar refractivity (Wildman–Crippen MR) is 102 cm³/mol. The van der Waals surface area contributed by atoms with E-state index in [-0.39, 0.29) is 17.5 Å². The molecule has 140 valence electrons. The molecule has 5 nitrogen and oxygen atoms in total. The van der Waals surface area contributed by atoms with Gasteiger partial charge in [-0.15, -0.1) is 0 Å². The third-order valence-corrected chi connectivity index (χ3v) is 6.25. The Labute approximate surface area is 161 Å². The fraction of sp³-hybridized carbons (Fsp3) is 0.278. The molecule has 0 aliphatic rings. The van der Waals surface area contributed by atoms with Crippen LogP contribution in [0.25, 0.3) is 0 Å². The van der Waals surface area contributed by atoms with E-state index >= 15 is 0 Å². The van der Waals surface area contributed by atoms with E-state index < -0.39 is 21.7 Å². The van der Waals surface area contributed by atoms with Crippen LogP contribution < -0.4 is 5.32 Å². The molecule has 8 heteroatoms. The topological polar surface area (TPSA) is 66.5 Å². The summed E-state index contributed by atoms with van der Waals surface area (Å²) in [6, 6.07) is 11.9. The second-order valence-electron chi connectivity index (χ2n) is 5.79. The second kappa shape index (κ2) is 8.75. The highest BCUT2D eigenvalue weighted by Crippen LogP contribution is 2.20. The Bertz CT molecular complexity index is 855. The van der Waals surface area contributed by atoms with Crippen molar-refractivity contribution in [1.82, 2.24) is 9.62 Å². The molecule has 2 aromatic rings. The molecule has 0 radical (unpaired) electrons. The first-order valence-corrected chi connectivity index (χ1v) is 10.2. The average molecular weight is 443 g/mol. The lowest BCUT2D eigenvalue weighted by atomic mass is 10.0. The lowest BCUT2D eigenvalue weighted by Crippen LogP contribution is -2.39. The van der Waals surface area contributed by atoms with Crippen LogP contribution >= 0.6 is 15.9 Å². The molecule has 0 aromatic heterocycles. The van der Waals surface area contributed by atoms with Gasteiger partial charge in [0.1, 0.15) is 5.82 Å². The lowest BCUT2D eigenvalue weighted by molar-refractivity contribution is -0.121. The zero-order valence-corrected chi connectivity index (χ0v) is 16.8. The lowest BCUT2D eigenvalue weighted by Gasteiger charge is -2.21. The van der Waals surface area contributed by atoms with E-state index in [1.165, 1.54) is 19.2 Å². The summed E-state index contributed by atoms with van der Waals surface area (Å²) >= 11 is 3.36. The summed E-state index contributed by atoms with van der Waals surface area (Å²) in [6.45, 7) is 1.61. The van der Waals surface area contributed by atoms with Crippen molar-refractivity contribution in [3.05, 3.63) is 64.4 Å². The van der Waals surface area contributed by atoms with Crippen molar-refractivity contribution in [2.24, 2.45) is 0 Å². The zero-order chi connectivity index (χ0) is 19.3. The van der Waals surface area contributed by atoms with Crippen LogP contribution in [0.2, 0.25) is 0 Å². The molecule has 1 N–H and O–H groups in total. The second-order valence-corrected chi connectivity index (χ2v) is 8.76. The monoisotopic (exact) mass is 442 g/mol. The maximum Gasteiger partial charge on any atom is 0.243 e. The number of sulfonamides is 1. The van der Waals surface area contributed by atoms with Crippen LogP contribution in [0.4, 0.5) is 4.39 Å². The van der Waals surface area contributed by atoms with E-state index in [4.69, 9.17) is 0 Å². The van der Waals surface area contributed by atoms with Gasteiger partial charge in [0.25, 0.3) is 0 Å². The summed E-state index contributed by atoms with van der Waals surface area (Å²) in [5.41, 5.74) is 0.938. The first-order chi connectivity index (χ1) is 12.2. The van der Waals surface area contributed by atoms with Crippen molar-refractivity contribution in [1.29, 1.82) is 0 Å². The summed E-state index contributed by atoms with van der Waals surface area (Å²) in [6.07, 6.45) is 0.668. The molecule has 1 unspecified atom stereocenters. The molecular formula is C18H20BrFN2O3S. The molecule has 26 heavy (non-hydrogen) atoms. The van der Waals surface area contributed by atoms with Gasteiger partial charge in [-0.1, -0.05) is 35.0 Å². The zero-order valence-electron chi connectivity index (χ0n) is 14.4. The highest BCUT2D eigenvalue weighted by molar-refractivity contribution is 9.10. The Morgan fingerprint density at radius 3 is 2.27 bits per heavy atom. The third kappa shape index (κ3) is 5.12. The first-order valence-electron chi connectivity index (χ1n) is 8.00. The van der Waals surface area contributed by atoms with Gasteiger partial charge in [-0.25, -0.2) is 12.8 Å². The van der Waals surface area contributed by atoms with Gasteiger partial charge in [0.05, 0.1) is 17.5 Å². The van der Waals surface area contributed by atoms with Gasteiger partial charge in [-0.05, 0) is 48.4 Å². The molecule has 0 spiro atoms. The number of nitrogens with one attached hydrogen (secondary N) is 1. The highest BCUT2D eigenvalue weighted by atomic mass is 79.9. The largest absolute Gasteiger partial charge is 0.348 e. The van der Waals surface area contributed by atoms with Crippen LogP contribution in [0, 0.1) is 5.82 Å². The van der Waals surface area contributed by atoms with Crippen molar-refractivity contribution in [2.75, 3.05) is 13.6 Å². The van der Waals surface area contributed by atoms with Gasteiger partial charge >= 0.3 is 0 Å². The number of nitrogens with zero attached hydrogens (tertiary/aromatic N) is 1. The van der Waals surface area contributed by atoms with Gasteiger partial charge in [0, 0.05) is 11.5 Å². The van der Waals surface area contributed by atoms with Crippen molar-refractivity contribution in [3.8, 4) is 0 Å². The minimum atomic E-state index is -3.86. The Hall–Kier alpha value is -1.77. The number of likely N-dealkylation sites (N-methyl/N-ethyl adjacent to an activating group) is 1. The fourth-order valence-electron chi connectivity index (χ4n) is 2.43. The standard InChI is InChI=1S/C18H20BrFN2O3S/c1-3-17(13-4-6-14(19)7-5-13)21-18(23)12-22(2)26(24,25)16-10-8-15(20)9-11-16/h4-11,17H,3,12H2,1-2H3,(H,21,23). The number of carbonyl (C=O) groups excluding carboxylic acids is 1. The Kier molecular flexibility index (Phi) is 6.91. The molecule has 1 atom stereocenters. The van der Waals surface area contributed by atoms with Gasteiger partial charge in [0.2, 0.25) is 15.9 Å². The Morgan fingerprint density at radius 1 is 1.15 bits per heavy atom. The van der Waals surface area contributed by atoms with Crippen LogP contribution in [-0.2, 0) is 14.8 Å². The smallest absolute Gasteiger partial charge is 0.243 e. The molecule has 0 bridgehead atoms. The number of carbonyl (C=O) groups is 1. The average Bonchev–Trinajstić information content (AvgIpc) is 2.60. The van der Waals surface area contributed by atoms with E-state index in [2.05, 4.69) is 21.2 Å². The molecule has 0 aliphatic heterocycles. The van der Waals surface area contributed by atoms with E-state index in [0.29, 0.717) is 6.42 Å². The molecule has 0 saturated heterocycles. The predicted octanol–water partition coefficient (Wildman–Crippen LogP) is 3.48. The van der Waals surface area contributed by atoms with E-state index in [1.54, 1.807) is 0 Å². The van der Waals surface area contributed by atoms with Crippen LogP contribution in [0.3, 0.4) is 0 Å². The maximum atomic E-state index is 13.0. The van der Waals surface area contributed by atoms with Crippen LogP contribution in [0.15, 0.2) is 57.9 Å². The number of halogens is 2. The van der Waals surface area contributed by atoms with Crippen LogP contribution in [0.5, 0.6) is 0 Å². The van der Waals surface area contributed by atoms with Gasteiger partial charge < -0.3 is 5.32 Å². The number of amides is 1. The van der Waals surface area contributed by atoms with E-state index in [9.17, 15) is 17.6 Å². The molecule has 0 heterocycles. The molecule has 0 saturated carbocycles. The van der Waals surface area contributed by atoms with Crippen LogP contribution in [0.1, 0.15) is 24.9 Å². The van der Waals surface area contributed by atoms with Crippen molar-refractivity contribution in [2.45, 2.75) is 24.3 Å². The number of hydrogen-bond acceptors (Lipinski definition) is 3.